The standard InChI is InChI=1S/C23H22N2O3/c1-14-6-5-7-21(16(14)3)28-13-18-11-17(8-9-22(18)27-4)19-10-15(2)25-23(26)20(19)12-24/h5-11H,13H2,1-4H3,(H,25,26). The van der Waals surface area contributed by atoms with Gasteiger partial charge in [-0.05, 0) is 61.7 Å². The van der Waals surface area contributed by atoms with Crippen molar-refractivity contribution >= 4 is 0 Å². The molecule has 0 saturated carbocycles. The van der Waals surface area contributed by atoms with Crippen LogP contribution in [0.25, 0.3) is 11.1 Å². The predicted molar refractivity (Wildman–Crippen MR) is 109 cm³/mol. The molecule has 0 amide bonds. The number of H-pyrrole nitrogens is 1. The van der Waals surface area contributed by atoms with E-state index < -0.39 is 0 Å². The van der Waals surface area contributed by atoms with Gasteiger partial charge in [0, 0.05) is 16.8 Å². The van der Waals surface area contributed by atoms with Crippen molar-refractivity contribution < 1.29 is 9.47 Å². The number of aryl methyl sites for hydroxylation is 2. The lowest BCUT2D eigenvalue weighted by Gasteiger charge is -2.15. The fourth-order valence-corrected chi connectivity index (χ4v) is 3.12. The zero-order valence-corrected chi connectivity index (χ0v) is 16.4. The highest BCUT2D eigenvalue weighted by Crippen LogP contribution is 2.30. The van der Waals surface area contributed by atoms with Crippen molar-refractivity contribution in [2.45, 2.75) is 27.4 Å². The van der Waals surface area contributed by atoms with Gasteiger partial charge in [-0.15, -0.1) is 0 Å². The van der Waals surface area contributed by atoms with Crippen molar-refractivity contribution in [2.75, 3.05) is 7.11 Å². The van der Waals surface area contributed by atoms with E-state index in [-0.39, 0.29) is 11.1 Å². The molecule has 28 heavy (non-hydrogen) atoms. The van der Waals surface area contributed by atoms with E-state index in [4.69, 9.17) is 9.47 Å². The normalized spacial score (nSPS) is 10.4. The summed E-state index contributed by atoms with van der Waals surface area (Å²) in [6.07, 6.45) is 0. The first-order valence-corrected chi connectivity index (χ1v) is 8.95. The number of nitriles is 1. The molecule has 0 unspecified atom stereocenters. The Morgan fingerprint density at radius 3 is 2.57 bits per heavy atom. The summed E-state index contributed by atoms with van der Waals surface area (Å²) in [4.78, 5) is 14.8. The highest BCUT2D eigenvalue weighted by Gasteiger charge is 2.13. The third-order valence-corrected chi connectivity index (χ3v) is 4.81. The number of pyridine rings is 1. The minimum Gasteiger partial charge on any atom is -0.496 e. The Hall–Kier alpha value is -3.52. The summed E-state index contributed by atoms with van der Waals surface area (Å²) < 4.78 is 11.5. The Kier molecular flexibility index (Phi) is 5.51. The lowest BCUT2D eigenvalue weighted by molar-refractivity contribution is 0.294. The van der Waals surface area contributed by atoms with Crippen molar-refractivity contribution in [3.05, 3.63) is 80.8 Å². The van der Waals surface area contributed by atoms with Gasteiger partial charge in [0.25, 0.3) is 5.56 Å². The van der Waals surface area contributed by atoms with Gasteiger partial charge in [0.1, 0.15) is 29.7 Å². The summed E-state index contributed by atoms with van der Waals surface area (Å²) >= 11 is 0. The fraction of sp³-hybridized carbons (Fsp3) is 0.217. The van der Waals surface area contributed by atoms with Crippen molar-refractivity contribution in [1.82, 2.24) is 4.98 Å². The molecule has 1 aromatic heterocycles. The van der Waals surface area contributed by atoms with Crippen LogP contribution in [0.15, 0.2) is 47.3 Å². The van der Waals surface area contributed by atoms with E-state index in [1.807, 2.05) is 56.3 Å². The van der Waals surface area contributed by atoms with Gasteiger partial charge in [0.15, 0.2) is 0 Å². The molecule has 5 nitrogen and oxygen atoms in total. The van der Waals surface area contributed by atoms with Crippen LogP contribution in [0.1, 0.15) is 27.9 Å². The first-order valence-electron chi connectivity index (χ1n) is 8.95. The minimum absolute atomic E-state index is 0.0946. The largest absolute Gasteiger partial charge is 0.496 e. The summed E-state index contributed by atoms with van der Waals surface area (Å²) in [6, 6.07) is 15.3. The Morgan fingerprint density at radius 1 is 1.07 bits per heavy atom. The Bertz CT molecular complexity index is 1120. The van der Waals surface area contributed by atoms with E-state index in [2.05, 4.69) is 4.98 Å². The number of rotatable bonds is 5. The summed E-state index contributed by atoms with van der Waals surface area (Å²) in [5, 5.41) is 9.41. The zero-order chi connectivity index (χ0) is 20.3. The monoisotopic (exact) mass is 374 g/mol. The second-order valence-corrected chi connectivity index (χ2v) is 6.70. The minimum atomic E-state index is -0.387. The molecule has 2 aromatic carbocycles. The molecule has 5 heteroatoms. The third kappa shape index (κ3) is 3.77. The summed E-state index contributed by atoms with van der Waals surface area (Å²) in [7, 11) is 1.61. The number of aromatic nitrogens is 1. The fourth-order valence-electron chi connectivity index (χ4n) is 3.12. The molecule has 0 aliphatic rings. The van der Waals surface area contributed by atoms with E-state index in [1.54, 1.807) is 20.1 Å². The van der Waals surface area contributed by atoms with E-state index in [0.717, 1.165) is 28.0 Å². The molecule has 0 atom stereocenters. The second kappa shape index (κ2) is 8.01. The van der Waals surface area contributed by atoms with Gasteiger partial charge in [-0.25, -0.2) is 0 Å². The van der Waals surface area contributed by atoms with Crippen molar-refractivity contribution in [1.29, 1.82) is 5.26 Å². The number of nitrogens with zero attached hydrogens (tertiary/aromatic N) is 1. The topological polar surface area (TPSA) is 75.1 Å². The van der Waals surface area contributed by atoms with Crippen LogP contribution >= 0.6 is 0 Å². The Morgan fingerprint density at radius 2 is 1.86 bits per heavy atom. The molecule has 0 radical (unpaired) electrons. The van der Waals surface area contributed by atoms with Crippen LogP contribution in [0.5, 0.6) is 11.5 Å². The second-order valence-electron chi connectivity index (χ2n) is 6.70. The molecule has 142 valence electrons. The number of benzene rings is 2. The van der Waals surface area contributed by atoms with E-state index in [0.29, 0.717) is 23.6 Å². The Labute approximate surface area is 164 Å². The molecule has 0 bridgehead atoms. The van der Waals surface area contributed by atoms with Crippen molar-refractivity contribution in [3.8, 4) is 28.7 Å². The lowest BCUT2D eigenvalue weighted by Crippen LogP contribution is -2.12. The van der Waals surface area contributed by atoms with Crippen LogP contribution < -0.4 is 15.0 Å². The number of methoxy groups -OCH3 is 1. The average molecular weight is 374 g/mol. The molecular weight excluding hydrogens is 352 g/mol. The first-order chi connectivity index (χ1) is 13.4. The van der Waals surface area contributed by atoms with Crippen LogP contribution in [0.3, 0.4) is 0 Å². The molecule has 3 rings (SSSR count). The predicted octanol–water partition coefficient (Wildman–Crippen LogP) is 4.43. The molecule has 0 aliphatic carbocycles. The van der Waals surface area contributed by atoms with Gasteiger partial charge in [-0.3, -0.25) is 4.79 Å². The van der Waals surface area contributed by atoms with E-state index in [9.17, 15) is 10.1 Å². The third-order valence-electron chi connectivity index (χ3n) is 4.81. The van der Waals surface area contributed by atoms with Crippen LogP contribution in [0.4, 0.5) is 0 Å². The highest BCUT2D eigenvalue weighted by molar-refractivity contribution is 5.71. The van der Waals surface area contributed by atoms with E-state index in [1.165, 1.54) is 0 Å². The summed E-state index contributed by atoms with van der Waals surface area (Å²) in [5.41, 5.74) is 4.86. The number of hydrogen-bond donors (Lipinski definition) is 1. The number of nitrogens with one attached hydrogen (secondary N) is 1. The molecule has 3 aromatic rings. The molecule has 0 saturated heterocycles. The molecule has 1 N–H and O–H groups in total. The quantitative estimate of drug-likeness (QED) is 0.717. The summed E-state index contributed by atoms with van der Waals surface area (Å²) in [6.45, 7) is 6.17. The van der Waals surface area contributed by atoms with Crippen molar-refractivity contribution in [2.24, 2.45) is 0 Å². The summed E-state index contributed by atoms with van der Waals surface area (Å²) in [5.74, 6) is 1.51. The SMILES string of the molecule is COc1ccc(-c2cc(C)[nH]c(=O)c2C#N)cc1COc1cccc(C)c1C. The van der Waals surface area contributed by atoms with Gasteiger partial charge >= 0.3 is 0 Å². The van der Waals surface area contributed by atoms with Crippen LogP contribution in [0.2, 0.25) is 0 Å². The van der Waals surface area contributed by atoms with Crippen LogP contribution in [0, 0.1) is 32.1 Å². The van der Waals surface area contributed by atoms with Gasteiger partial charge in [0.2, 0.25) is 0 Å². The molecule has 0 fully saturated rings. The average Bonchev–Trinajstić information content (AvgIpc) is 2.68. The van der Waals surface area contributed by atoms with Crippen molar-refractivity contribution in [3.63, 3.8) is 0 Å². The van der Waals surface area contributed by atoms with Gasteiger partial charge in [-0.2, -0.15) is 5.26 Å². The smallest absolute Gasteiger partial charge is 0.266 e. The van der Waals surface area contributed by atoms with Crippen LogP contribution in [-0.2, 0) is 6.61 Å². The maximum Gasteiger partial charge on any atom is 0.266 e. The van der Waals surface area contributed by atoms with Crippen LogP contribution in [-0.4, -0.2) is 12.1 Å². The number of aromatic amines is 1. The maximum absolute atomic E-state index is 12.1. The Balaban J connectivity index is 2.01. The molecular formula is C23H22N2O3. The van der Waals surface area contributed by atoms with Gasteiger partial charge < -0.3 is 14.5 Å². The maximum atomic E-state index is 12.1. The number of ether oxygens (including phenoxy) is 2. The lowest BCUT2D eigenvalue weighted by atomic mass is 9.99. The van der Waals surface area contributed by atoms with Gasteiger partial charge in [0.05, 0.1) is 7.11 Å². The molecule has 1 heterocycles. The highest BCUT2D eigenvalue weighted by atomic mass is 16.5. The molecule has 0 aliphatic heterocycles. The van der Waals surface area contributed by atoms with E-state index >= 15 is 0 Å². The number of hydrogen-bond acceptors (Lipinski definition) is 4. The zero-order valence-electron chi connectivity index (χ0n) is 16.4. The molecule has 0 spiro atoms. The van der Waals surface area contributed by atoms with Gasteiger partial charge in [-0.1, -0.05) is 18.2 Å². The first kappa shape index (κ1) is 19.2.